The average Bonchev–Trinajstić information content (AvgIpc) is 2.75. The van der Waals surface area contributed by atoms with Gasteiger partial charge in [0.1, 0.15) is 6.54 Å². The predicted octanol–water partition coefficient (Wildman–Crippen LogP) is 3.62. The highest BCUT2D eigenvalue weighted by atomic mass is 16.2. The second-order valence-corrected chi connectivity index (χ2v) is 6.83. The fraction of sp³-hybridized carbons (Fsp3) is 0.0435. The van der Waals surface area contributed by atoms with Gasteiger partial charge in [0.15, 0.2) is 0 Å². The summed E-state index contributed by atoms with van der Waals surface area (Å²) in [6.07, 6.45) is 1.65. The third kappa shape index (κ3) is 2.73. The fourth-order valence-corrected chi connectivity index (χ4v) is 3.76. The Morgan fingerprint density at radius 3 is 2.17 bits per heavy atom. The Kier molecular flexibility index (Phi) is 3.84. The van der Waals surface area contributed by atoms with E-state index < -0.39 is 17.7 Å². The molecule has 1 aromatic heterocycles. The Morgan fingerprint density at radius 1 is 0.828 bits per heavy atom. The number of carbonyl (C=O) groups excluding carboxylic acids is 3. The number of para-hydroxylation sites is 1. The number of hydrogen-bond donors (Lipinski definition) is 1. The van der Waals surface area contributed by atoms with Gasteiger partial charge in [-0.25, -0.2) is 0 Å². The van der Waals surface area contributed by atoms with Crippen molar-refractivity contribution in [1.82, 2.24) is 9.88 Å². The van der Waals surface area contributed by atoms with Crippen LogP contribution in [0.25, 0.3) is 21.7 Å². The molecular formula is C23H15N3O3. The third-order valence-corrected chi connectivity index (χ3v) is 5.06. The van der Waals surface area contributed by atoms with Gasteiger partial charge in [-0.2, -0.15) is 0 Å². The second-order valence-electron chi connectivity index (χ2n) is 6.83. The first-order chi connectivity index (χ1) is 14.1. The normalized spacial score (nSPS) is 13.2. The molecule has 0 unspecified atom stereocenters. The van der Waals surface area contributed by atoms with E-state index in [1.54, 1.807) is 36.5 Å². The number of anilines is 1. The van der Waals surface area contributed by atoms with E-state index in [2.05, 4.69) is 10.3 Å². The number of pyridine rings is 1. The molecule has 4 aromatic rings. The summed E-state index contributed by atoms with van der Waals surface area (Å²) in [5, 5.41) is 5.13. The van der Waals surface area contributed by atoms with Crippen molar-refractivity contribution >= 4 is 45.1 Å². The summed E-state index contributed by atoms with van der Waals surface area (Å²) in [6.45, 7) is -0.369. The zero-order valence-electron chi connectivity index (χ0n) is 15.3. The van der Waals surface area contributed by atoms with Crippen molar-refractivity contribution in [3.63, 3.8) is 0 Å². The van der Waals surface area contributed by atoms with E-state index in [9.17, 15) is 14.4 Å². The molecule has 140 valence electrons. The van der Waals surface area contributed by atoms with Gasteiger partial charge < -0.3 is 5.32 Å². The molecule has 0 atom stereocenters. The van der Waals surface area contributed by atoms with Crippen LogP contribution in [0.4, 0.5) is 5.69 Å². The highest BCUT2D eigenvalue weighted by molar-refractivity contribution is 6.26. The van der Waals surface area contributed by atoms with Crippen LogP contribution in [0.2, 0.25) is 0 Å². The van der Waals surface area contributed by atoms with Crippen molar-refractivity contribution in [1.29, 1.82) is 0 Å². The van der Waals surface area contributed by atoms with E-state index in [-0.39, 0.29) is 6.54 Å². The molecule has 6 nitrogen and oxygen atoms in total. The lowest BCUT2D eigenvalue weighted by molar-refractivity contribution is -0.116. The summed E-state index contributed by atoms with van der Waals surface area (Å²) >= 11 is 0. The van der Waals surface area contributed by atoms with Gasteiger partial charge in [-0.1, -0.05) is 42.5 Å². The lowest BCUT2D eigenvalue weighted by atomic mass is 9.94. The summed E-state index contributed by atoms with van der Waals surface area (Å²) in [7, 11) is 0. The number of aromatic nitrogens is 1. The molecule has 0 aliphatic carbocycles. The molecule has 0 spiro atoms. The summed E-state index contributed by atoms with van der Waals surface area (Å²) in [5.41, 5.74) is 2.04. The standard InChI is InChI=1S/C23H15N3O3/c27-19(25-18-11-3-7-15-8-4-12-24-21(15)18)13-26-22(28)16-9-1-5-14-6-2-10-17(20(14)16)23(26)29/h1-12H,13H2,(H,25,27). The first kappa shape index (κ1) is 17.1. The van der Waals surface area contributed by atoms with Crippen LogP contribution in [-0.2, 0) is 4.79 Å². The van der Waals surface area contributed by atoms with Crippen LogP contribution in [0, 0.1) is 0 Å². The number of rotatable bonds is 3. The number of imide groups is 1. The number of fused-ring (bicyclic) bond motifs is 1. The van der Waals surface area contributed by atoms with E-state index in [4.69, 9.17) is 0 Å². The van der Waals surface area contributed by atoms with E-state index in [0.29, 0.717) is 27.7 Å². The van der Waals surface area contributed by atoms with Gasteiger partial charge in [-0.15, -0.1) is 0 Å². The van der Waals surface area contributed by atoms with Gasteiger partial charge in [0.2, 0.25) is 5.91 Å². The SMILES string of the molecule is O=C(CN1C(=O)c2cccc3cccc(c23)C1=O)Nc1cccc2cccnc12. The molecule has 1 aliphatic rings. The maximum absolute atomic E-state index is 12.9. The van der Waals surface area contributed by atoms with Crippen LogP contribution < -0.4 is 5.32 Å². The van der Waals surface area contributed by atoms with Crippen LogP contribution in [0.1, 0.15) is 20.7 Å². The van der Waals surface area contributed by atoms with Crippen molar-refractivity contribution in [2.45, 2.75) is 0 Å². The molecule has 0 saturated carbocycles. The van der Waals surface area contributed by atoms with Gasteiger partial charge in [-0.05, 0) is 29.7 Å². The topological polar surface area (TPSA) is 79.4 Å². The molecule has 29 heavy (non-hydrogen) atoms. The lowest BCUT2D eigenvalue weighted by Gasteiger charge is -2.26. The highest BCUT2D eigenvalue weighted by Gasteiger charge is 2.33. The molecule has 0 fully saturated rings. The Morgan fingerprint density at radius 2 is 1.45 bits per heavy atom. The van der Waals surface area contributed by atoms with Crippen molar-refractivity contribution in [3.05, 3.63) is 84.1 Å². The number of benzene rings is 3. The zero-order chi connectivity index (χ0) is 20.0. The number of hydrogen-bond acceptors (Lipinski definition) is 4. The van der Waals surface area contributed by atoms with Crippen LogP contribution in [0.3, 0.4) is 0 Å². The molecule has 5 rings (SSSR count). The van der Waals surface area contributed by atoms with Crippen molar-refractivity contribution in [3.8, 4) is 0 Å². The van der Waals surface area contributed by atoms with Gasteiger partial charge >= 0.3 is 0 Å². The smallest absolute Gasteiger partial charge is 0.261 e. The van der Waals surface area contributed by atoms with Gasteiger partial charge in [-0.3, -0.25) is 24.3 Å². The molecule has 6 heteroatoms. The van der Waals surface area contributed by atoms with E-state index >= 15 is 0 Å². The minimum absolute atomic E-state index is 0.369. The van der Waals surface area contributed by atoms with E-state index in [1.165, 1.54) is 0 Å². The maximum Gasteiger partial charge on any atom is 0.261 e. The Hall–Kier alpha value is -4.06. The Balaban J connectivity index is 1.45. The number of nitrogens with one attached hydrogen (secondary N) is 1. The Bertz CT molecular complexity index is 1270. The minimum Gasteiger partial charge on any atom is -0.323 e. The van der Waals surface area contributed by atoms with Crippen LogP contribution in [0.15, 0.2) is 72.9 Å². The lowest BCUT2D eigenvalue weighted by Crippen LogP contribution is -2.44. The van der Waals surface area contributed by atoms with E-state index in [0.717, 1.165) is 15.7 Å². The highest BCUT2D eigenvalue weighted by Crippen LogP contribution is 2.30. The quantitative estimate of drug-likeness (QED) is 0.550. The maximum atomic E-state index is 12.9. The van der Waals surface area contributed by atoms with Crippen LogP contribution >= 0.6 is 0 Å². The van der Waals surface area contributed by atoms with Gasteiger partial charge in [0, 0.05) is 28.1 Å². The average molecular weight is 381 g/mol. The summed E-state index contributed by atoms with van der Waals surface area (Å²) < 4.78 is 0. The van der Waals surface area contributed by atoms with Crippen LogP contribution in [-0.4, -0.2) is 34.2 Å². The molecule has 0 radical (unpaired) electrons. The fourth-order valence-electron chi connectivity index (χ4n) is 3.76. The number of amides is 3. The summed E-state index contributed by atoms with van der Waals surface area (Å²) in [5.74, 6) is -1.40. The van der Waals surface area contributed by atoms with Crippen LogP contribution in [0.5, 0.6) is 0 Å². The molecule has 0 bridgehead atoms. The molecule has 1 aliphatic heterocycles. The van der Waals surface area contributed by atoms with Crippen molar-refractivity contribution in [2.24, 2.45) is 0 Å². The molecule has 2 heterocycles. The zero-order valence-corrected chi connectivity index (χ0v) is 15.3. The third-order valence-electron chi connectivity index (χ3n) is 5.06. The van der Waals surface area contributed by atoms with Crippen molar-refractivity contribution < 1.29 is 14.4 Å². The predicted molar refractivity (Wildman–Crippen MR) is 110 cm³/mol. The first-order valence-electron chi connectivity index (χ1n) is 9.15. The van der Waals surface area contributed by atoms with Crippen molar-refractivity contribution in [2.75, 3.05) is 11.9 Å². The van der Waals surface area contributed by atoms with Gasteiger partial charge in [0.25, 0.3) is 11.8 Å². The largest absolute Gasteiger partial charge is 0.323 e. The summed E-state index contributed by atoms with van der Waals surface area (Å²) in [4.78, 5) is 43.8. The molecule has 3 aromatic carbocycles. The van der Waals surface area contributed by atoms with E-state index in [1.807, 2.05) is 36.4 Å². The number of nitrogens with zero attached hydrogens (tertiary/aromatic N) is 2. The molecular weight excluding hydrogens is 366 g/mol. The minimum atomic E-state index is -0.467. The monoisotopic (exact) mass is 381 g/mol. The Labute approximate surface area is 165 Å². The summed E-state index contributed by atoms with van der Waals surface area (Å²) in [6, 6.07) is 19.8. The molecule has 0 saturated heterocycles. The molecule has 3 amide bonds. The first-order valence-corrected chi connectivity index (χ1v) is 9.15. The molecule has 1 N–H and O–H groups in total. The second kappa shape index (κ2) is 6.53. The van der Waals surface area contributed by atoms with Gasteiger partial charge in [0.05, 0.1) is 11.2 Å². The number of carbonyl (C=O) groups is 3.